The van der Waals surface area contributed by atoms with Gasteiger partial charge < -0.3 is 5.11 Å². The van der Waals surface area contributed by atoms with Crippen LogP contribution < -0.4 is 0 Å². The second-order valence-electron chi connectivity index (χ2n) is 3.97. The van der Waals surface area contributed by atoms with E-state index in [4.69, 9.17) is 11.5 Å². The number of terminal acetylenes is 1. The van der Waals surface area contributed by atoms with Crippen LogP contribution in [0.5, 0.6) is 0 Å². The van der Waals surface area contributed by atoms with Gasteiger partial charge in [0.2, 0.25) is 10.0 Å². The van der Waals surface area contributed by atoms with Crippen LogP contribution in [0.25, 0.3) is 0 Å². The first-order valence-corrected chi connectivity index (χ1v) is 7.24. The molecule has 6 heteroatoms. The lowest BCUT2D eigenvalue weighted by atomic mass is 10.2. The molecule has 0 saturated heterocycles. The van der Waals surface area contributed by atoms with Crippen molar-refractivity contribution in [1.29, 1.82) is 0 Å². The van der Waals surface area contributed by atoms with E-state index in [1.807, 2.05) is 0 Å². The molecule has 0 aliphatic heterocycles. The molecule has 0 bridgehead atoms. The first kappa shape index (κ1) is 15.6. The molecule has 0 aromatic heterocycles. The lowest BCUT2D eigenvalue weighted by molar-refractivity contribution is 0.281. The summed E-state index contributed by atoms with van der Waals surface area (Å²) in [5.41, 5.74) is 0.331. The zero-order valence-corrected chi connectivity index (χ0v) is 11.5. The van der Waals surface area contributed by atoms with Gasteiger partial charge in [0.15, 0.2) is 0 Å². The van der Waals surface area contributed by atoms with Crippen molar-refractivity contribution >= 4 is 10.0 Å². The number of sulfonamides is 1. The summed E-state index contributed by atoms with van der Waals surface area (Å²) in [6, 6.07) is 3.49. The number of halogens is 1. The van der Waals surface area contributed by atoms with Crippen LogP contribution in [0.15, 0.2) is 23.1 Å². The maximum absolute atomic E-state index is 13.7. The molecule has 0 unspecified atom stereocenters. The Balaban J connectivity index is 3.28. The van der Waals surface area contributed by atoms with Crippen LogP contribution >= 0.6 is 0 Å². The van der Waals surface area contributed by atoms with Gasteiger partial charge in [-0.05, 0) is 24.1 Å². The summed E-state index contributed by atoms with van der Waals surface area (Å²) < 4.78 is 39.4. The second kappa shape index (κ2) is 6.66. The quantitative estimate of drug-likeness (QED) is 0.803. The Morgan fingerprint density at radius 1 is 1.47 bits per heavy atom. The maximum Gasteiger partial charge on any atom is 0.246 e. The average molecular weight is 285 g/mol. The monoisotopic (exact) mass is 285 g/mol. The molecule has 1 aromatic rings. The Morgan fingerprint density at radius 3 is 2.68 bits per heavy atom. The molecular weight excluding hydrogens is 269 g/mol. The third kappa shape index (κ3) is 3.53. The van der Waals surface area contributed by atoms with Gasteiger partial charge in [0, 0.05) is 6.54 Å². The van der Waals surface area contributed by atoms with Crippen LogP contribution in [0.2, 0.25) is 0 Å². The highest BCUT2D eigenvalue weighted by Crippen LogP contribution is 2.21. The molecule has 0 heterocycles. The van der Waals surface area contributed by atoms with Crippen molar-refractivity contribution in [1.82, 2.24) is 4.31 Å². The predicted molar refractivity (Wildman–Crippen MR) is 70.2 cm³/mol. The molecule has 0 amide bonds. The minimum atomic E-state index is -3.98. The number of rotatable bonds is 6. The number of benzene rings is 1. The van der Waals surface area contributed by atoms with E-state index in [-0.39, 0.29) is 19.7 Å². The third-order valence-corrected chi connectivity index (χ3v) is 4.40. The normalized spacial score (nSPS) is 11.5. The molecule has 0 atom stereocenters. The number of hydrogen-bond donors (Lipinski definition) is 1. The molecule has 1 rings (SSSR count). The van der Waals surface area contributed by atoms with Gasteiger partial charge in [-0.15, -0.1) is 6.42 Å². The number of aliphatic hydroxyl groups is 1. The minimum Gasteiger partial charge on any atom is -0.392 e. The topological polar surface area (TPSA) is 57.6 Å². The summed E-state index contributed by atoms with van der Waals surface area (Å²) in [6.45, 7) is 1.56. The molecule has 0 radical (unpaired) electrons. The van der Waals surface area contributed by atoms with Gasteiger partial charge in [-0.25, -0.2) is 12.8 Å². The summed E-state index contributed by atoms with van der Waals surface area (Å²) in [5, 5.41) is 9.00. The van der Waals surface area contributed by atoms with Crippen LogP contribution in [0.3, 0.4) is 0 Å². The SMILES string of the molecule is C#CCN(CCC)S(=O)(=O)c1cc(CO)ccc1F. The molecular formula is C13H16FNO3S. The molecule has 0 aliphatic carbocycles. The van der Waals surface area contributed by atoms with Crippen molar-refractivity contribution < 1.29 is 17.9 Å². The Hall–Kier alpha value is -1.42. The fourth-order valence-corrected chi connectivity index (χ4v) is 3.18. The first-order chi connectivity index (χ1) is 8.97. The van der Waals surface area contributed by atoms with Gasteiger partial charge in [0.05, 0.1) is 13.2 Å². The Labute approximate surface area is 112 Å². The minimum absolute atomic E-state index is 0.112. The van der Waals surface area contributed by atoms with Gasteiger partial charge >= 0.3 is 0 Å². The molecule has 104 valence electrons. The van der Waals surface area contributed by atoms with Crippen molar-refractivity contribution in [2.45, 2.75) is 24.8 Å². The van der Waals surface area contributed by atoms with E-state index >= 15 is 0 Å². The van der Waals surface area contributed by atoms with E-state index in [0.717, 1.165) is 16.4 Å². The summed E-state index contributed by atoms with van der Waals surface area (Å²) in [4.78, 5) is -0.456. The lowest BCUT2D eigenvalue weighted by Gasteiger charge is -2.19. The summed E-state index contributed by atoms with van der Waals surface area (Å²) >= 11 is 0. The highest BCUT2D eigenvalue weighted by atomic mass is 32.2. The number of hydrogen-bond acceptors (Lipinski definition) is 3. The fraction of sp³-hybridized carbons (Fsp3) is 0.385. The molecule has 0 spiro atoms. The molecule has 0 aliphatic rings. The van der Waals surface area contributed by atoms with Gasteiger partial charge in [-0.2, -0.15) is 4.31 Å². The van der Waals surface area contributed by atoms with Gasteiger partial charge in [-0.3, -0.25) is 0 Å². The van der Waals surface area contributed by atoms with E-state index in [0.29, 0.717) is 12.0 Å². The standard InChI is InChI=1S/C13H16FNO3S/c1-3-7-15(8-4-2)19(17,18)13-9-11(10-16)5-6-12(13)14/h1,5-6,9,16H,4,7-8,10H2,2H3. The number of nitrogens with zero attached hydrogens (tertiary/aromatic N) is 1. The summed E-state index contributed by atoms with van der Waals surface area (Å²) in [6.07, 6.45) is 5.71. The highest BCUT2D eigenvalue weighted by molar-refractivity contribution is 7.89. The van der Waals surface area contributed by atoms with Gasteiger partial charge in [0.25, 0.3) is 0 Å². The molecule has 1 aromatic carbocycles. The van der Waals surface area contributed by atoms with Crippen LogP contribution in [0.1, 0.15) is 18.9 Å². The van der Waals surface area contributed by atoms with Crippen LogP contribution in [-0.4, -0.2) is 30.9 Å². The van der Waals surface area contributed by atoms with Crippen LogP contribution in [0.4, 0.5) is 4.39 Å². The first-order valence-electron chi connectivity index (χ1n) is 5.80. The molecule has 4 nitrogen and oxygen atoms in total. The van der Waals surface area contributed by atoms with Crippen LogP contribution in [0, 0.1) is 18.2 Å². The molecule has 0 saturated carbocycles. The average Bonchev–Trinajstić information content (AvgIpc) is 2.39. The largest absolute Gasteiger partial charge is 0.392 e. The van der Waals surface area contributed by atoms with Crippen molar-refractivity contribution in [2.75, 3.05) is 13.1 Å². The van der Waals surface area contributed by atoms with Crippen molar-refractivity contribution in [3.63, 3.8) is 0 Å². The fourth-order valence-electron chi connectivity index (χ4n) is 1.62. The van der Waals surface area contributed by atoms with Crippen LogP contribution in [-0.2, 0) is 16.6 Å². The maximum atomic E-state index is 13.7. The molecule has 1 N–H and O–H groups in total. The Morgan fingerprint density at radius 2 is 2.16 bits per heavy atom. The van der Waals surface area contributed by atoms with Crippen molar-refractivity contribution in [3.8, 4) is 12.3 Å². The number of aliphatic hydroxyl groups excluding tert-OH is 1. The highest BCUT2D eigenvalue weighted by Gasteiger charge is 2.26. The van der Waals surface area contributed by atoms with E-state index in [1.165, 1.54) is 6.07 Å². The van der Waals surface area contributed by atoms with E-state index in [1.54, 1.807) is 6.92 Å². The van der Waals surface area contributed by atoms with E-state index in [9.17, 15) is 12.8 Å². The van der Waals surface area contributed by atoms with Gasteiger partial charge in [-0.1, -0.05) is 18.9 Å². The summed E-state index contributed by atoms with van der Waals surface area (Å²) in [5.74, 6) is 1.40. The lowest BCUT2D eigenvalue weighted by Crippen LogP contribution is -2.32. The second-order valence-corrected chi connectivity index (χ2v) is 5.87. The third-order valence-electron chi connectivity index (χ3n) is 2.54. The smallest absolute Gasteiger partial charge is 0.246 e. The Bertz CT molecular complexity index is 578. The van der Waals surface area contributed by atoms with Gasteiger partial charge in [0.1, 0.15) is 10.7 Å². The molecule has 0 fully saturated rings. The summed E-state index contributed by atoms with van der Waals surface area (Å²) in [7, 11) is -3.98. The zero-order valence-electron chi connectivity index (χ0n) is 10.6. The van der Waals surface area contributed by atoms with Crippen molar-refractivity contribution in [2.24, 2.45) is 0 Å². The van der Waals surface area contributed by atoms with Crippen molar-refractivity contribution in [3.05, 3.63) is 29.6 Å². The molecule has 19 heavy (non-hydrogen) atoms. The van der Waals surface area contributed by atoms with E-state index in [2.05, 4.69) is 5.92 Å². The van der Waals surface area contributed by atoms with E-state index < -0.39 is 20.7 Å². The zero-order chi connectivity index (χ0) is 14.5. The Kier molecular flexibility index (Phi) is 5.48. The predicted octanol–water partition coefficient (Wildman–Crippen LogP) is 1.35.